The van der Waals surface area contributed by atoms with Crippen LogP contribution in [0.4, 0.5) is 0 Å². The molecule has 0 saturated carbocycles. The van der Waals surface area contributed by atoms with Gasteiger partial charge in [-0.15, -0.1) is 5.10 Å². The Bertz CT molecular complexity index is 1080. The first kappa shape index (κ1) is 17.5. The van der Waals surface area contributed by atoms with Gasteiger partial charge in [0.05, 0.1) is 13.3 Å². The maximum atomic E-state index is 8.65. The molecule has 5 heteroatoms. The van der Waals surface area contributed by atoms with Gasteiger partial charge in [0.15, 0.2) is 18.1 Å². The number of hydrogen-bond donors (Lipinski definition) is 0. The lowest BCUT2D eigenvalue weighted by atomic mass is 10.1. The minimum atomic E-state index is -0.0315. The van der Waals surface area contributed by atoms with Gasteiger partial charge in [-0.3, -0.25) is 0 Å². The molecular weight excluding hydrogens is 350 g/mol. The fourth-order valence-corrected chi connectivity index (χ4v) is 3.25. The zero-order valence-electron chi connectivity index (χ0n) is 15.3. The first-order valence-corrected chi connectivity index (χ1v) is 8.80. The fraction of sp³-hybridized carbons (Fsp3) is 0.0870. The smallest absolute Gasteiger partial charge is 0.174 e. The van der Waals surface area contributed by atoms with Gasteiger partial charge in [-0.05, 0) is 34.9 Å². The molecule has 136 valence electrons. The number of rotatable bonds is 5. The number of nitrogens with zero attached hydrogens (tertiary/aromatic N) is 3. The number of nitriles is 1. The molecule has 0 atom stereocenters. The second kappa shape index (κ2) is 7.77. The summed E-state index contributed by atoms with van der Waals surface area (Å²) < 4.78 is 10.7. The molecule has 0 saturated heterocycles. The van der Waals surface area contributed by atoms with E-state index in [1.54, 1.807) is 25.5 Å². The Labute approximate surface area is 163 Å². The van der Waals surface area contributed by atoms with Crippen molar-refractivity contribution in [2.75, 3.05) is 13.7 Å². The third-order valence-corrected chi connectivity index (χ3v) is 4.50. The van der Waals surface area contributed by atoms with Crippen molar-refractivity contribution in [3.8, 4) is 28.7 Å². The van der Waals surface area contributed by atoms with Crippen molar-refractivity contribution in [3.63, 3.8) is 0 Å². The Kier molecular flexibility index (Phi) is 4.85. The maximum absolute atomic E-state index is 8.65. The predicted molar refractivity (Wildman–Crippen MR) is 109 cm³/mol. The van der Waals surface area contributed by atoms with Crippen LogP contribution in [0.15, 0.2) is 76.9 Å². The summed E-state index contributed by atoms with van der Waals surface area (Å²) in [6.45, 7) is -0.0315. The molecule has 0 unspecified atom stereocenters. The highest BCUT2D eigenvalue weighted by molar-refractivity contribution is 6.24. The Balaban J connectivity index is 1.64. The van der Waals surface area contributed by atoms with Crippen LogP contribution in [0.25, 0.3) is 11.1 Å². The van der Waals surface area contributed by atoms with Gasteiger partial charge >= 0.3 is 0 Å². The van der Waals surface area contributed by atoms with Gasteiger partial charge < -0.3 is 9.47 Å². The van der Waals surface area contributed by atoms with E-state index < -0.39 is 0 Å². The summed E-state index contributed by atoms with van der Waals surface area (Å²) in [6, 6.07) is 23.8. The van der Waals surface area contributed by atoms with Gasteiger partial charge in [0, 0.05) is 11.1 Å². The minimum Gasteiger partial charge on any atom is -0.493 e. The van der Waals surface area contributed by atoms with Gasteiger partial charge in [-0.1, -0.05) is 48.5 Å². The van der Waals surface area contributed by atoms with E-state index in [0.717, 1.165) is 22.4 Å². The molecule has 1 aliphatic rings. The van der Waals surface area contributed by atoms with Crippen LogP contribution in [-0.4, -0.2) is 25.6 Å². The first-order chi connectivity index (χ1) is 13.8. The van der Waals surface area contributed by atoms with E-state index in [1.807, 2.05) is 36.4 Å². The second-order valence-corrected chi connectivity index (χ2v) is 6.14. The summed E-state index contributed by atoms with van der Waals surface area (Å²) >= 11 is 0. The standard InChI is InChI=1S/C23H17N3O2/c1-27-22-14-16(10-11-21(22)28-13-12-24)15-25-26-23-19-8-4-2-6-17(19)18-7-3-5-9-20(18)23/h2-11,14-15H,13H2,1H3/b25-15-. The molecule has 3 aromatic rings. The van der Waals surface area contributed by atoms with Crippen LogP contribution in [-0.2, 0) is 0 Å². The third kappa shape index (κ3) is 3.24. The molecule has 0 aliphatic heterocycles. The Morgan fingerprint density at radius 1 is 0.893 bits per heavy atom. The van der Waals surface area contributed by atoms with Gasteiger partial charge in [0.2, 0.25) is 0 Å². The lowest BCUT2D eigenvalue weighted by Gasteiger charge is -2.08. The quantitative estimate of drug-likeness (QED) is 0.387. The Hall–Kier alpha value is -3.91. The van der Waals surface area contributed by atoms with Crippen molar-refractivity contribution in [3.05, 3.63) is 83.4 Å². The van der Waals surface area contributed by atoms with E-state index in [0.29, 0.717) is 11.5 Å². The van der Waals surface area contributed by atoms with E-state index in [1.165, 1.54) is 11.1 Å². The number of benzene rings is 3. The number of hydrogen-bond acceptors (Lipinski definition) is 5. The summed E-state index contributed by atoms with van der Waals surface area (Å²) in [5, 5.41) is 17.5. The summed E-state index contributed by atoms with van der Waals surface area (Å²) in [7, 11) is 1.56. The maximum Gasteiger partial charge on any atom is 0.174 e. The Morgan fingerprint density at radius 2 is 1.54 bits per heavy atom. The number of methoxy groups -OCH3 is 1. The number of fused-ring (bicyclic) bond motifs is 3. The summed E-state index contributed by atoms with van der Waals surface area (Å²) in [5.41, 5.74) is 6.20. The van der Waals surface area contributed by atoms with Crippen LogP contribution in [0.2, 0.25) is 0 Å². The molecule has 4 rings (SSSR count). The van der Waals surface area contributed by atoms with Crippen LogP contribution in [0.1, 0.15) is 16.7 Å². The largest absolute Gasteiger partial charge is 0.493 e. The van der Waals surface area contributed by atoms with E-state index in [2.05, 4.69) is 34.5 Å². The highest BCUT2D eigenvalue weighted by Gasteiger charge is 2.23. The molecule has 0 amide bonds. The SMILES string of the molecule is COc1cc(/C=N\N=C2c3ccccc3-c3ccccc32)ccc1OCC#N. The van der Waals surface area contributed by atoms with E-state index in [-0.39, 0.29) is 6.61 Å². The van der Waals surface area contributed by atoms with Gasteiger partial charge in [0.25, 0.3) is 0 Å². The van der Waals surface area contributed by atoms with Crippen LogP contribution in [0.5, 0.6) is 11.5 Å². The zero-order chi connectivity index (χ0) is 19.3. The van der Waals surface area contributed by atoms with Crippen LogP contribution < -0.4 is 9.47 Å². The van der Waals surface area contributed by atoms with Crippen molar-refractivity contribution in [2.45, 2.75) is 0 Å². The van der Waals surface area contributed by atoms with Crippen molar-refractivity contribution in [2.24, 2.45) is 10.2 Å². The monoisotopic (exact) mass is 367 g/mol. The Morgan fingerprint density at radius 3 is 2.14 bits per heavy atom. The van der Waals surface area contributed by atoms with E-state index >= 15 is 0 Å². The van der Waals surface area contributed by atoms with Gasteiger partial charge in [-0.25, -0.2) is 0 Å². The molecule has 1 aliphatic carbocycles. The number of ether oxygens (including phenoxy) is 2. The van der Waals surface area contributed by atoms with Crippen molar-refractivity contribution in [1.82, 2.24) is 0 Å². The average Bonchev–Trinajstić information content (AvgIpc) is 3.07. The topological polar surface area (TPSA) is 67.0 Å². The molecule has 0 radical (unpaired) electrons. The van der Waals surface area contributed by atoms with Crippen LogP contribution in [0, 0.1) is 11.3 Å². The molecule has 0 fully saturated rings. The average molecular weight is 367 g/mol. The molecule has 0 spiro atoms. The summed E-state index contributed by atoms with van der Waals surface area (Å²) in [6.07, 6.45) is 1.67. The van der Waals surface area contributed by atoms with Gasteiger partial charge in [0.1, 0.15) is 11.8 Å². The lowest BCUT2D eigenvalue weighted by Crippen LogP contribution is -1.98. The van der Waals surface area contributed by atoms with E-state index in [9.17, 15) is 0 Å². The highest BCUT2D eigenvalue weighted by atomic mass is 16.5. The molecule has 5 nitrogen and oxygen atoms in total. The minimum absolute atomic E-state index is 0.0315. The first-order valence-electron chi connectivity index (χ1n) is 8.80. The fourth-order valence-electron chi connectivity index (χ4n) is 3.25. The van der Waals surface area contributed by atoms with E-state index in [4.69, 9.17) is 14.7 Å². The highest BCUT2D eigenvalue weighted by Crippen LogP contribution is 2.36. The summed E-state index contributed by atoms with van der Waals surface area (Å²) in [4.78, 5) is 0. The van der Waals surface area contributed by atoms with Crippen LogP contribution in [0.3, 0.4) is 0 Å². The zero-order valence-corrected chi connectivity index (χ0v) is 15.3. The molecule has 28 heavy (non-hydrogen) atoms. The molecule has 0 aromatic heterocycles. The van der Waals surface area contributed by atoms with Crippen molar-refractivity contribution >= 4 is 11.9 Å². The molecule has 3 aromatic carbocycles. The predicted octanol–water partition coefficient (Wildman–Crippen LogP) is 4.45. The molecule has 0 heterocycles. The molecule has 0 bridgehead atoms. The normalized spacial score (nSPS) is 11.6. The van der Waals surface area contributed by atoms with Crippen molar-refractivity contribution in [1.29, 1.82) is 5.26 Å². The summed E-state index contributed by atoms with van der Waals surface area (Å²) in [5.74, 6) is 1.06. The lowest BCUT2D eigenvalue weighted by molar-refractivity contribution is 0.329. The molecule has 0 N–H and O–H groups in total. The van der Waals surface area contributed by atoms with Crippen molar-refractivity contribution < 1.29 is 9.47 Å². The van der Waals surface area contributed by atoms with Crippen LogP contribution >= 0.6 is 0 Å². The third-order valence-electron chi connectivity index (χ3n) is 4.50. The second-order valence-electron chi connectivity index (χ2n) is 6.14. The molecular formula is C23H17N3O2. The van der Waals surface area contributed by atoms with Gasteiger partial charge in [-0.2, -0.15) is 10.4 Å².